The highest BCUT2D eigenvalue weighted by Crippen LogP contribution is 2.36. The van der Waals surface area contributed by atoms with Crippen LogP contribution in [-0.4, -0.2) is 36.6 Å². The van der Waals surface area contributed by atoms with Crippen LogP contribution in [0.4, 0.5) is 0 Å². The summed E-state index contributed by atoms with van der Waals surface area (Å²) in [6, 6.07) is 10.5. The summed E-state index contributed by atoms with van der Waals surface area (Å²) in [5.41, 5.74) is 1.32. The second-order valence-corrected chi connectivity index (χ2v) is 5.49. The highest BCUT2D eigenvalue weighted by Gasteiger charge is 2.38. The summed E-state index contributed by atoms with van der Waals surface area (Å²) in [6.45, 7) is 8.44. The zero-order chi connectivity index (χ0) is 14.5. The second kappa shape index (κ2) is 6.89. The van der Waals surface area contributed by atoms with Gasteiger partial charge in [0.15, 0.2) is 0 Å². The fourth-order valence-electron chi connectivity index (χ4n) is 3.17. The van der Waals surface area contributed by atoms with E-state index in [4.69, 9.17) is 4.74 Å². The van der Waals surface area contributed by atoms with Crippen LogP contribution in [0.3, 0.4) is 0 Å². The molecule has 0 aromatic heterocycles. The Bertz CT molecular complexity index is 432. The third-order valence-electron chi connectivity index (χ3n) is 4.28. The molecule has 0 N–H and O–H groups in total. The SMILES string of the molecule is CCO[C@@H](C)[C@@H]1CN(C(=O)CC)C[C@H]1c1ccccc1. The van der Waals surface area contributed by atoms with E-state index in [1.165, 1.54) is 5.56 Å². The molecular weight excluding hydrogens is 250 g/mol. The van der Waals surface area contributed by atoms with Gasteiger partial charge in [-0.2, -0.15) is 0 Å². The molecule has 0 spiro atoms. The Morgan fingerprint density at radius 1 is 1.30 bits per heavy atom. The van der Waals surface area contributed by atoms with E-state index in [2.05, 4.69) is 31.2 Å². The van der Waals surface area contributed by atoms with Gasteiger partial charge in [0.05, 0.1) is 6.10 Å². The van der Waals surface area contributed by atoms with E-state index in [1.807, 2.05) is 24.8 Å². The summed E-state index contributed by atoms with van der Waals surface area (Å²) >= 11 is 0. The first kappa shape index (κ1) is 15.0. The van der Waals surface area contributed by atoms with Crippen molar-refractivity contribution in [2.24, 2.45) is 5.92 Å². The van der Waals surface area contributed by atoms with Crippen LogP contribution < -0.4 is 0 Å². The van der Waals surface area contributed by atoms with Gasteiger partial charge in [-0.25, -0.2) is 0 Å². The van der Waals surface area contributed by atoms with Crippen molar-refractivity contribution < 1.29 is 9.53 Å². The van der Waals surface area contributed by atoms with Crippen LogP contribution in [0.2, 0.25) is 0 Å². The Morgan fingerprint density at radius 3 is 2.60 bits per heavy atom. The molecule has 0 saturated carbocycles. The van der Waals surface area contributed by atoms with Crippen molar-refractivity contribution in [1.29, 1.82) is 0 Å². The smallest absolute Gasteiger partial charge is 0.222 e. The van der Waals surface area contributed by atoms with Gasteiger partial charge >= 0.3 is 0 Å². The summed E-state index contributed by atoms with van der Waals surface area (Å²) < 4.78 is 5.80. The van der Waals surface area contributed by atoms with E-state index in [9.17, 15) is 4.79 Å². The third kappa shape index (κ3) is 3.21. The topological polar surface area (TPSA) is 29.5 Å². The predicted molar refractivity (Wildman–Crippen MR) is 80.6 cm³/mol. The number of likely N-dealkylation sites (tertiary alicyclic amines) is 1. The van der Waals surface area contributed by atoms with Crippen molar-refractivity contribution in [3.63, 3.8) is 0 Å². The molecule has 0 aliphatic carbocycles. The highest BCUT2D eigenvalue weighted by molar-refractivity contribution is 5.76. The molecular formula is C17H25NO2. The number of rotatable bonds is 5. The normalized spacial score (nSPS) is 23.9. The molecule has 0 unspecified atom stereocenters. The molecule has 0 bridgehead atoms. The first-order valence-corrected chi connectivity index (χ1v) is 7.61. The Morgan fingerprint density at radius 2 is 2.00 bits per heavy atom. The number of hydrogen-bond acceptors (Lipinski definition) is 2. The van der Waals surface area contributed by atoms with Crippen LogP contribution in [0, 0.1) is 5.92 Å². The summed E-state index contributed by atoms with van der Waals surface area (Å²) in [6.07, 6.45) is 0.761. The van der Waals surface area contributed by atoms with Crippen LogP contribution >= 0.6 is 0 Å². The van der Waals surface area contributed by atoms with Gasteiger partial charge < -0.3 is 9.64 Å². The van der Waals surface area contributed by atoms with Crippen LogP contribution in [0.25, 0.3) is 0 Å². The molecule has 1 amide bonds. The molecule has 3 atom stereocenters. The molecule has 1 aliphatic heterocycles. The van der Waals surface area contributed by atoms with Gasteiger partial charge in [-0.15, -0.1) is 0 Å². The number of hydrogen-bond donors (Lipinski definition) is 0. The third-order valence-corrected chi connectivity index (χ3v) is 4.28. The molecule has 3 heteroatoms. The molecule has 1 aromatic rings. The molecule has 1 heterocycles. The number of nitrogens with zero attached hydrogens (tertiary/aromatic N) is 1. The van der Waals surface area contributed by atoms with Gasteiger partial charge in [-0.05, 0) is 19.4 Å². The lowest BCUT2D eigenvalue weighted by Crippen LogP contribution is -2.30. The Balaban J connectivity index is 2.19. The average molecular weight is 275 g/mol. The number of amides is 1. The molecule has 0 radical (unpaired) electrons. The minimum Gasteiger partial charge on any atom is -0.378 e. The van der Waals surface area contributed by atoms with Crippen molar-refractivity contribution >= 4 is 5.91 Å². The standard InChI is InChI=1S/C17H25NO2/c1-4-17(19)18-11-15(13(3)20-5-2)16(12-18)14-9-7-6-8-10-14/h6-10,13,15-16H,4-5,11-12H2,1-3H3/t13-,15-,16-/m0/s1. The molecule has 3 nitrogen and oxygen atoms in total. The quantitative estimate of drug-likeness (QED) is 0.826. The first-order valence-electron chi connectivity index (χ1n) is 7.61. The van der Waals surface area contributed by atoms with Crippen molar-refractivity contribution in [2.45, 2.75) is 39.2 Å². The summed E-state index contributed by atoms with van der Waals surface area (Å²) in [7, 11) is 0. The fourth-order valence-corrected chi connectivity index (χ4v) is 3.17. The maximum atomic E-state index is 12.0. The summed E-state index contributed by atoms with van der Waals surface area (Å²) in [5.74, 6) is 1.01. The lowest BCUT2D eigenvalue weighted by molar-refractivity contribution is -0.130. The van der Waals surface area contributed by atoms with E-state index in [0.29, 0.717) is 18.3 Å². The largest absolute Gasteiger partial charge is 0.378 e. The predicted octanol–water partition coefficient (Wildman–Crippen LogP) is 3.06. The first-order chi connectivity index (χ1) is 9.67. The van der Waals surface area contributed by atoms with Crippen LogP contribution in [0.1, 0.15) is 38.7 Å². The highest BCUT2D eigenvalue weighted by atomic mass is 16.5. The van der Waals surface area contributed by atoms with Crippen molar-refractivity contribution in [3.05, 3.63) is 35.9 Å². The molecule has 20 heavy (non-hydrogen) atoms. The van der Waals surface area contributed by atoms with Gasteiger partial charge in [-0.1, -0.05) is 37.3 Å². The van der Waals surface area contributed by atoms with E-state index >= 15 is 0 Å². The number of ether oxygens (including phenoxy) is 1. The molecule has 110 valence electrons. The van der Waals surface area contributed by atoms with Crippen LogP contribution in [0.15, 0.2) is 30.3 Å². The fraction of sp³-hybridized carbons (Fsp3) is 0.588. The summed E-state index contributed by atoms with van der Waals surface area (Å²) in [5, 5.41) is 0. The Kier molecular flexibility index (Phi) is 5.18. The van der Waals surface area contributed by atoms with Gasteiger partial charge in [0, 0.05) is 38.0 Å². The molecule has 1 aliphatic rings. The molecule has 2 rings (SSSR count). The maximum Gasteiger partial charge on any atom is 0.222 e. The second-order valence-electron chi connectivity index (χ2n) is 5.49. The van der Waals surface area contributed by atoms with Crippen molar-refractivity contribution in [1.82, 2.24) is 4.90 Å². The molecule has 1 saturated heterocycles. The zero-order valence-corrected chi connectivity index (χ0v) is 12.7. The average Bonchev–Trinajstić information content (AvgIpc) is 2.93. The Hall–Kier alpha value is -1.35. The van der Waals surface area contributed by atoms with E-state index in [-0.39, 0.29) is 12.0 Å². The summed E-state index contributed by atoms with van der Waals surface area (Å²) in [4.78, 5) is 14.0. The minimum absolute atomic E-state index is 0.180. The van der Waals surface area contributed by atoms with E-state index in [1.54, 1.807) is 0 Å². The lowest BCUT2D eigenvalue weighted by atomic mass is 9.86. The van der Waals surface area contributed by atoms with E-state index < -0.39 is 0 Å². The zero-order valence-electron chi connectivity index (χ0n) is 12.7. The number of carbonyl (C=O) groups is 1. The van der Waals surface area contributed by atoms with Crippen LogP contribution in [-0.2, 0) is 9.53 Å². The lowest BCUT2D eigenvalue weighted by Gasteiger charge is -2.24. The van der Waals surface area contributed by atoms with Crippen molar-refractivity contribution in [2.75, 3.05) is 19.7 Å². The van der Waals surface area contributed by atoms with Crippen molar-refractivity contribution in [3.8, 4) is 0 Å². The monoisotopic (exact) mass is 275 g/mol. The minimum atomic E-state index is 0.180. The maximum absolute atomic E-state index is 12.0. The van der Waals surface area contributed by atoms with E-state index in [0.717, 1.165) is 19.7 Å². The number of benzene rings is 1. The van der Waals surface area contributed by atoms with Gasteiger partial charge in [0.25, 0.3) is 0 Å². The Labute approximate surface area is 121 Å². The van der Waals surface area contributed by atoms with Gasteiger partial charge in [-0.3, -0.25) is 4.79 Å². The van der Waals surface area contributed by atoms with Gasteiger partial charge in [0.1, 0.15) is 0 Å². The van der Waals surface area contributed by atoms with Gasteiger partial charge in [0.2, 0.25) is 5.91 Å². The number of carbonyl (C=O) groups excluding carboxylic acids is 1. The van der Waals surface area contributed by atoms with Crippen LogP contribution in [0.5, 0.6) is 0 Å². The molecule has 1 fully saturated rings. The molecule has 1 aromatic carbocycles.